The average Bonchev–Trinajstić information content (AvgIpc) is 2.61. The average molecular weight is 369 g/mol. The Bertz CT molecular complexity index is 695. The van der Waals surface area contributed by atoms with Gasteiger partial charge in [0, 0.05) is 17.8 Å². The SMILES string of the molecule is COc1nc(OC)nc(C(SC)c2ccccc2CNS(=O)[O-])n1. The van der Waals surface area contributed by atoms with Crippen LogP contribution in [0.25, 0.3) is 0 Å². The summed E-state index contributed by atoms with van der Waals surface area (Å²) in [6.07, 6.45) is 1.92. The van der Waals surface area contributed by atoms with Gasteiger partial charge in [0.15, 0.2) is 5.82 Å². The molecule has 0 aliphatic heterocycles. The maximum Gasteiger partial charge on any atom is 0.322 e. The van der Waals surface area contributed by atoms with Crippen molar-refractivity contribution >= 4 is 23.0 Å². The molecule has 0 fully saturated rings. The maximum absolute atomic E-state index is 10.8. The summed E-state index contributed by atoms with van der Waals surface area (Å²) in [5, 5.41) is -0.228. The van der Waals surface area contributed by atoms with E-state index in [1.165, 1.54) is 26.0 Å². The molecule has 0 radical (unpaired) electrons. The molecule has 0 amide bonds. The van der Waals surface area contributed by atoms with Gasteiger partial charge >= 0.3 is 12.0 Å². The summed E-state index contributed by atoms with van der Waals surface area (Å²) < 4.78 is 34.1. The van der Waals surface area contributed by atoms with Crippen LogP contribution in [-0.2, 0) is 17.8 Å². The molecule has 1 N–H and O–H groups in total. The zero-order valence-electron chi connectivity index (χ0n) is 13.4. The van der Waals surface area contributed by atoms with Gasteiger partial charge in [-0.25, -0.2) is 4.72 Å². The minimum absolute atomic E-state index is 0.159. The molecule has 1 heterocycles. The molecule has 2 aromatic rings. The van der Waals surface area contributed by atoms with Crippen LogP contribution < -0.4 is 14.2 Å². The number of thioether (sulfide) groups is 1. The number of ether oxygens (including phenoxy) is 2. The molecule has 2 atom stereocenters. The lowest BCUT2D eigenvalue weighted by atomic mass is 10.0. The van der Waals surface area contributed by atoms with Gasteiger partial charge in [0.2, 0.25) is 0 Å². The van der Waals surface area contributed by atoms with Crippen molar-refractivity contribution in [1.29, 1.82) is 0 Å². The summed E-state index contributed by atoms with van der Waals surface area (Å²) in [7, 11) is 2.93. The van der Waals surface area contributed by atoms with E-state index in [1.54, 1.807) is 0 Å². The van der Waals surface area contributed by atoms with E-state index in [9.17, 15) is 8.76 Å². The Kier molecular flexibility index (Phi) is 6.91. The number of nitrogens with one attached hydrogen (secondary N) is 1. The first-order valence-corrected chi connectivity index (χ1v) is 9.22. The van der Waals surface area contributed by atoms with Gasteiger partial charge in [-0.15, -0.1) is 16.7 Å². The number of hydrogen-bond acceptors (Lipinski definition) is 8. The Balaban J connectivity index is 2.43. The number of nitrogens with zero attached hydrogens (tertiary/aromatic N) is 3. The summed E-state index contributed by atoms with van der Waals surface area (Å²) in [5.74, 6) is 0.474. The second-order valence-electron chi connectivity index (χ2n) is 4.54. The highest BCUT2D eigenvalue weighted by Crippen LogP contribution is 2.35. The van der Waals surface area contributed by atoms with E-state index in [0.717, 1.165) is 11.1 Å². The summed E-state index contributed by atoms with van der Waals surface area (Å²) in [6.45, 7) is 0.183. The lowest BCUT2D eigenvalue weighted by molar-refractivity contribution is 0.336. The smallest absolute Gasteiger partial charge is 0.322 e. The molecule has 0 aliphatic rings. The molecule has 2 unspecified atom stereocenters. The Labute approximate surface area is 146 Å². The van der Waals surface area contributed by atoms with E-state index < -0.39 is 11.3 Å². The second kappa shape index (κ2) is 8.92. The number of rotatable bonds is 8. The van der Waals surface area contributed by atoms with E-state index in [0.29, 0.717) is 5.82 Å². The topological polar surface area (TPSA) is 109 Å². The summed E-state index contributed by atoms with van der Waals surface area (Å²) >= 11 is -0.815. The first kappa shape index (κ1) is 18.6. The van der Waals surface area contributed by atoms with Crippen LogP contribution in [0.2, 0.25) is 0 Å². The van der Waals surface area contributed by atoms with Crippen molar-refractivity contribution in [2.24, 2.45) is 0 Å². The summed E-state index contributed by atoms with van der Waals surface area (Å²) in [6, 6.07) is 7.81. The predicted molar refractivity (Wildman–Crippen MR) is 90.5 cm³/mol. The van der Waals surface area contributed by atoms with Crippen LogP contribution in [0.1, 0.15) is 22.2 Å². The summed E-state index contributed by atoms with van der Waals surface area (Å²) in [5.41, 5.74) is 1.73. The van der Waals surface area contributed by atoms with Gasteiger partial charge in [-0.1, -0.05) is 24.3 Å². The van der Waals surface area contributed by atoms with Gasteiger partial charge in [-0.05, 0) is 17.4 Å². The third-order valence-electron chi connectivity index (χ3n) is 3.17. The Hall–Kier alpha value is -1.75. The molecule has 0 saturated carbocycles. The molecule has 130 valence electrons. The van der Waals surface area contributed by atoms with E-state index in [-0.39, 0.29) is 23.8 Å². The molecule has 1 aromatic heterocycles. The van der Waals surface area contributed by atoms with Crippen molar-refractivity contribution in [3.63, 3.8) is 0 Å². The van der Waals surface area contributed by atoms with Crippen molar-refractivity contribution in [3.8, 4) is 12.0 Å². The van der Waals surface area contributed by atoms with Crippen molar-refractivity contribution in [3.05, 3.63) is 41.2 Å². The number of methoxy groups -OCH3 is 2. The van der Waals surface area contributed by atoms with E-state index in [1.807, 2.05) is 30.5 Å². The van der Waals surface area contributed by atoms with Crippen LogP contribution in [0.5, 0.6) is 12.0 Å². The monoisotopic (exact) mass is 369 g/mol. The van der Waals surface area contributed by atoms with Gasteiger partial charge < -0.3 is 14.0 Å². The van der Waals surface area contributed by atoms with Crippen molar-refractivity contribution < 1.29 is 18.2 Å². The van der Waals surface area contributed by atoms with Crippen LogP contribution in [-0.4, -0.2) is 44.2 Å². The zero-order valence-corrected chi connectivity index (χ0v) is 15.0. The van der Waals surface area contributed by atoms with Gasteiger partial charge in [-0.3, -0.25) is 4.21 Å². The van der Waals surface area contributed by atoms with E-state index >= 15 is 0 Å². The molecule has 0 bridgehead atoms. The quantitative estimate of drug-likeness (QED) is 0.692. The van der Waals surface area contributed by atoms with Crippen LogP contribution in [0.3, 0.4) is 0 Å². The van der Waals surface area contributed by atoms with E-state index in [4.69, 9.17) is 9.47 Å². The third kappa shape index (κ3) is 4.63. The van der Waals surface area contributed by atoms with Crippen LogP contribution in [0.15, 0.2) is 24.3 Å². The highest BCUT2D eigenvalue weighted by atomic mass is 32.2. The number of hydrogen-bond donors (Lipinski definition) is 1. The standard InChI is InChI=1S/C14H18N4O4S2/c1-21-13-16-12(17-14(18-13)22-2)11(23-3)10-7-5-4-6-9(10)8-15-24(19)20/h4-7,11,15H,8H2,1-3H3,(H,19,20)/p-1. The molecule has 0 spiro atoms. The second-order valence-corrected chi connectivity index (χ2v) is 6.24. The first-order chi connectivity index (χ1) is 11.6. The molecule has 24 heavy (non-hydrogen) atoms. The van der Waals surface area contributed by atoms with Crippen LogP contribution >= 0.6 is 11.8 Å². The molecule has 1 aromatic carbocycles. The van der Waals surface area contributed by atoms with Gasteiger partial charge in [0.1, 0.15) is 0 Å². The third-order valence-corrected chi connectivity index (χ3v) is 4.48. The van der Waals surface area contributed by atoms with Gasteiger partial charge in [0.25, 0.3) is 0 Å². The fraction of sp³-hybridized carbons (Fsp3) is 0.357. The number of aromatic nitrogens is 3. The minimum atomic E-state index is -2.33. The van der Waals surface area contributed by atoms with Crippen LogP contribution in [0.4, 0.5) is 0 Å². The highest BCUT2D eigenvalue weighted by Gasteiger charge is 2.21. The molecule has 8 nitrogen and oxygen atoms in total. The lowest BCUT2D eigenvalue weighted by Crippen LogP contribution is -2.18. The lowest BCUT2D eigenvalue weighted by Gasteiger charge is -2.19. The predicted octanol–water partition coefficient (Wildman–Crippen LogP) is 1.22. The molecule has 2 rings (SSSR count). The molecule has 0 saturated heterocycles. The van der Waals surface area contributed by atoms with Crippen LogP contribution in [0, 0.1) is 0 Å². The Morgan fingerprint density at radius 2 is 1.83 bits per heavy atom. The Morgan fingerprint density at radius 1 is 1.21 bits per heavy atom. The largest absolute Gasteiger partial charge is 0.760 e. The number of benzene rings is 1. The molecular weight excluding hydrogens is 352 g/mol. The Morgan fingerprint density at radius 3 is 2.38 bits per heavy atom. The van der Waals surface area contributed by atoms with Crippen molar-refractivity contribution in [1.82, 2.24) is 19.7 Å². The minimum Gasteiger partial charge on any atom is -0.760 e. The molecule has 10 heteroatoms. The molecule has 0 aliphatic carbocycles. The normalized spacial score (nSPS) is 13.3. The highest BCUT2D eigenvalue weighted by molar-refractivity contribution is 7.99. The van der Waals surface area contributed by atoms with Crippen molar-refractivity contribution in [2.45, 2.75) is 11.8 Å². The zero-order chi connectivity index (χ0) is 17.5. The summed E-state index contributed by atoms with van der Waals surface area (Å²) in [4.78, 5) is 12.6. The van der Waals surface area contributed by atoms with Gasteiger partial charge in [-0.2, -0.15) is 9.97 Å². The van der Waals surface area contributed by atoms with Gasteiger partial charge in [0.05, 0.1) is 19.5 Å². The van der Waals surface area contributed by atoms with E-state index in [2.05, 4.69) is 19.7 Å². The molecular formula is C14H17N4O4S2-. The fourth-order valence-electron chi connectivity index (χ4n) is 2.11. The maximum atomic E-state index is 10.8. The fourth-order valence-corrected chi connectivity index (χ4v) is 3.19. The first-order valence-electron chi connectivity index (χ1n) is 6.86. The van der Waals surface area contributed by atoms with Crippen molar-refractivity contribution in [2.75, 3.05) is 20.5 Å².